The average Bonchev–Trinajstić information content (AvgIpc) is 1.96. The first-order valence-corrected chi connectivity index (χ1v) is 3.93. The van der Waals surface area contributed by atoms with Crippen LogP contribution in [0.25, 0.3) is 0 Å². The van der Waals surface area contributed by atoms with Gasteiger partial charge in [0.05, 0.1) is 6.54 Å². The Labute approximate surface area is 68.4 Å². The first-order chi connectivity index (χ1) is 5.27. The van der Waals surface area contributed by atoms with Crippen LogP contribution in [-0.2, 0) is 4.79 Å². The molecule has 11 heavy (non-hydrogen) atoms. The Morgan fingerprint density at radius 3 is 2.73 bits per heavy atom. The van der Waals surface area contributed by atoms with Crippen molar-refractivity contribution in [1.82, 2.24) is 5.32 Å². The van der Waals surface area contributed by atoms with Gasteiger partial charge in [-0.25, -0.2) is 0 Å². The predicted octanol–water partition coefficient (Wildman–Crippen LogP) is 0.968. The minimum absolute atomic E-state index is 0.211. The molecule has 62 valence electrons. The number of carbonyl (C=O) groups is 1. The fourth-order valence-electron chi connectivity index (χ4n) is 0.577. The molecule has 0 aromatic carbocycles. The normalized spacial score (nSPS) is 8.55. The second-order valence-electron chi connectivity index (χ2n) is 2.34. The van der Waals surface area contributed by atoms with E-state index in [9.17, 15) is 4.79 Å². The molecule has 0 atom stereocenters. The Balaban J connectivity index is 3.19. The van der Waals surface area contributed by atoms with Gasteiger partial charge in [0.25, 0.3) is 0 Å². The number of hydrogen-bond acceptors (Lipinski definition) is 2. The van der Waals surface area contributed by atoms with Crippen molar-refractivity contribution in [2.24, 2.45) is 0 Å². The Kier molecular flexibility index (Phi) is 6.76. The zero-order valence-corrected chi connectivity index (χ0v) is 7.24. The van der Waals surface area contributed by atoms with E-state index in [4.69, 9.17) is 0 Å². The molecular weight excluding hydrogens is 138 g/mol. The van der Waals surface area contributed by atoms with Crippen LogP contribution < -0.4 is 5.32 Å². The monoisotopic (exact) mass is 153 g/mol. The lowest BCUT2D eigenvalue weighted by Crippen LogP contribution is -2.11. The van der Waals surface area contributed by atoms with E-state index in [1.54, 1.807) is 6.92 Å². The first kappa shape index (κ1) is 10.2. The van der Waals surface area contributed by atoms with Crippen LogP contribution in [0.4, 0.5) is 0 Å². The van der Waals surface area contributed by atoms with Crippen molar-refractivity contribution in [2.45, 2.75) is 26.7 Å². The molecule has 0 spiro atoms. The average molecular weight is 153 g/mol. The van der Waals surface area contributed by atoms with Gasteiger partial charge in [-0.3, -0.25) is 4.79 Å². The van der Waals surface area contributed by atoms with E-state index in [2.05, 4.69) is 17.2 Å². The first-order valence-electron chi connectivity index (χ1n) is 3.93. The van der Waals surface area contributed by atoms with Crippen LogP contribution in [0.5, 0.6) is 0 Å². The minimum Gasteiger partial charge on any atom is -0.307 e. The van der Waals surface area contributed by atoms with Gasteiger partial charge in [0.15, 0.2) is 0 Å². The van der Waals surface area contributed by atoms with Crippen molar-refractivity contribution in [2.75, 3.05) is 13.1 Å². The molecule has 0 saturated heterocycles. The van der Waals surface area contributed by atoms with Crippen molar-refractivity contribution >= 4 is 5.78 Å². The largest absolute Gasteiger partial charge is 0.307 e. The van der Waals surface area contributed by atoms with Gasteiger partial charge in [-0.15, -0.1) is 5.92 Å². The Morgan fingerprint density at radius 2 is 2.18 bits per heavy atom. The molecule has 0 radical (unpaired) electrons. The number of hydrogen-bond donors (Lipinski definition) is 1. The highest BCUT2D eigenvalue weighted by atomic mass is 16.1. The maximum absolute atomic E-state index is 10.4. The number of rotatable bonds is 4. The van der Waals surface area contributed by atoms with E-state index in [0.717, 1.165) is 13.1 Å². The highest BCUT2D eigenvalue weighted by Crippen LogP contribution is 1.86. The minimum atomic E-state index is 0.211. The van der Waals surface area contributed by atoms with Crippen LogP contribution in [0.2, 0.25) is 0 Å². The van der Waals surface area contributed by atoms with Crippen molar-refractivity contribution in [3.63, 3.8) is 0 Å². The molecule has 0 fully saturated rings. The Hall–Kier alpha value is -0.810. The fraction of sp³-hybridized carbons (Fsp3) is 0.667. The molecule has 0 amide bonds. The van der Waals surface area contributed by atoms with E-state index in [-0.39, 0.29) is 5.78 Å². The summed E-state index contributed by atoms with van der Waals surface area (Å²) in [7, 11) is 0. The molecule has 0 unspecified atom stereocenters. The molecule has 0 aliphatic rings. The third-order valence-electron chi connectivity index (χ3n) is 1.19. The van der Waals surface area contributed by atoms with E-state index in [1.165, 1.54) is 0 Å². The molecule has 2 nitrogen and oxygen atoms in total. The van der Waals surface area contributed by atoms with E-state index < -0.39 is 0 Å². The maximum atomic E-state index is 10.4. The van der Waals surface area contributed by atoms with Crippen LogP contribution in [0.1, 0.15) is 26.7 Å². The predicted molar refractivity (Wildman–Crippen MR) is 46.2 cm³/mol. The zero-order chi connectivity index (χ0) is 8.53. The standard InChI is InChI=1S/C9H15NO/c1-3-10-8-6-4-5-7-9(2)11/h10H,3,5,7-8H2,1-2H3. The van der Waals surface area contributed by atoms with Gasteiger partial charge in [0, 0.05) is 12.8 Å². The Bertz CT molecular complexity index is 164. The van der Waals surface area contributed by atoms with Crippen molar-refractivity contribution in [1.29, 1.82) is 0 Å². The van der Waals surface area contributed by atoms with E-state index >= 15 is 0 Å². The number of ketones is 1. The van der Waals surface area contributed by atoms with Gasteiger partial charge < -0.3 is 5.32 Å². The molecule has 0 aliphatic heterocycles. The SMILES string of the molecule is CCNCC#CCCC(C)=O. The van der Waals surface area contributed by atoms with Gasteiger partial charge in [0.2, 0.25) is 0 Å². The smallest absolute Gasteiger partial charge is 0.130 e. The third-order valence-corrected chi connectivity index (χ3v) is 1.19. The number of nitrogens with one attached hydrogen (secondary N) is 1. The van der Waals surface area contributed by atoms with E-state index in [1.807, 2.05) is 6.92 Å². The van der Waals surface area contributed by atoms with Gasteiger partial charge in [-0.1, -0.05) is 12.8 Å². The topological polar surface area (TPSA) is 29.1 Å². The highest BCUT2D eigenvalue weighted by molar-refractivity contribution is 5.75. The van der Waals surface area contributed by atoms with E-state index in [0.29, 0.717) is 12.8 Å². The summed E-state index contributed by atoms with van der Waals surface area (Å²) in [6.07, 6.45) is 1.28. The summed E-state index contributed by atoms with van der Waals surface area (Å²) in [6.45, 7) is 5.30. The van der Waals surface area contributed by atoms with Crippen molar-refractivity contribution in [3.8, 4) is 11.8 Å². The second kappa shape index (κ2) is 7.30. The molecule has 0 rings (SSSR count). The molecule has 0 bridgehead atoms. The Morgan fingerprint density at radius 1 is 1.45 bits per heavy atom. The summed E-state index contributed by atoms with van der Waals surface area (Å²) < 4.78 is 0. The summed E-state index contributed by atoms with van der Waals surface area (Å²) in [5.41, 5.74) is 0. The quantitative estimate of drug-likeness (QED) is 0.481. The second-order valence-corrected chi connectivity index (χ2v) is 2.34. The van der Waals surface area contributed by atoms with Gasteiger partial charge in [0.1, 0.15) is 5.78 Å². The number of carbonyl (C=O) groups excluding carboxylic acids is 1. The molecular formula is C9H15NO. The van der Waals surface area contributed by atoms with Crippen molar-refractivity contribution < 1.29 is 4.79 Å². The molecule has 0 aliphatic carbocycles. The fourth-order valence-corrected chi connectivity index (χ4v) is 0.577. The molecule has 0 aromatic heterocycles. The van der Waals surface area contributed by atoms with Crippen LogP contribution in [-0.4, -0.2) is 18.9 Å². The lowest BCUT2D eigenvalue weighted by atomic mass is 10.2. The number of Topliss-reactive ketones (excluding diaryl/α,β-unsaturated/α-hetero) is 1. The molecule has 0 aromatic rings. The zero-order valence-electron chi connectivity index (χ0n) is 7.24. The summed E-state index contributed by atoms with van der Waals surface area (Å²) in [4.78, 5) is 10.4. The summed E-state index contributed by atoms with van der Waals surface area (Å²) in [5, 5.41) is 3.08. The molecule has 0 heterocycles. The van der Waals surface area contributed by atoms with Crippen LogP contribution in [0.15, 0.2) is 0 Å². The van der Waals surface area contributed by atoms with Crippen LogP contribution >= 0.6 is 0 Å². The van der Waals surface area contributed by atoms with Gasteiger partial charge in [-0.2, -0.15) is 0 Å². The lowest BCUT2D eigenvalue weighted by molar-refractivity contribution is -0.116. The molecule has 1 N–H and O–H groups in total. The van der Waals surface area contributed by atoms with Gasteiger partial charge in [-0.05, 0) is 13.5 Å². The highest BCUT2D eigenvalue weighted by Gasteiger charge is 1.87. The molecule has 2 heteroatoms. The summed E-state index contributed by atoms with van der Waals surface area (Å²) >= 11 is 0. The summed E-state index contributed by atoms with van der Waals surface area (Å²) in [6, 6.07) is 0. The third kappa shape index (κ3) is 9.19. The van der Waals surface area contributed by atoms with Crippen LogP contribution in [0.3, 0.4) is 0 Å². The molecule has 0 saturated carbocycles. The summed E-state index contributed by atoms with van der Waals surface area (Å²) in [5.74, 6) is 6.06. The van der Waals surface area contributed by atoms with Gasteiger partial charge >= 0.3 is 0 Å². The van der Waals surface area contributed by atoms with Crippen LogP contribution in [0, 0.1) is 11.8 Å². The maximum Gasteiger partial charge on any atom is 0.130 e. The lowest BCUT2D eigenvalue weighted by Gasteiger charge is -1.89. The van der Waals surface area contributed by atoms with Crippen molar-refractivity contribution in [3.05, 3.63) is 0 Å².